The zero-order chi connectivity index (χ0) is 12.3. The van der Waals surface area contributed by atoms with E-state index in [-0.39, 0.29) is 5.75 Å². The Hall–Kier alpha value is -1.54. The lowest BCUT2D eigenvalue weighted by atomic mass is 10.1. The third-order valence-corrected chi connectivity index (χ3v) is 4.73. The Bertz CT molecular complexity index is 529. The Balaban J connectivity index is 2.25. The standard InChI is InChI=1S/C12H14N2O2S/c13-8-7-11-3-5-12(6-4-11)14-9-1-2-10-17(14,15)16/h3-6H,1-2,7,9-10H2. The number of hydrogen-bond donors (Lipinski definition) is 0. The fourth-order valence-electron chi connectivity index (χ4n) is 1.95. The number of benzene rings is 1. The van der Waals surface area contributed by atoms with Gasteiger partial charge in [0.15, 0.2) is 0 Å². The molecule has 1 saturated heterocycles. The first-order valence-corrected chi connectivity index (χ1v) is 7.21. The largest absolute Gasteiger partial charge is 0.270 e. The molecule has 5 heteroatoms. The van der Waals surface area contributed by atoms with Crippen molar-refractivity contribution < 1.29 is 8.42 Å². The fraction of sp³-hybridized carbons (Fsp3) is 0.417. The molecule has 17 heavy (non-hydrogen) atoms. The number of hydrogen-bond acceptors (Lipinski definition) is 3. The zero-order valence-corrected chi connectivity index (χ0v) is 10.3. The van der Waals surface area contributed by atoms with Gasteiger partial charge in [-0.3, -0.25) is 4.31 Å². The topological polar surface area (TPSA) is 61.2 Å². The van der Waals surface area contributed by atoms with Gasteiger partial charge in [-0.1, -0.05) is 12.1 Å². The summed E-state index contributed by atoms with van der Waals surface area (Å²) >= 11 is 0. The number of sulfonamides is 1. The quantitative estimate of drug-likeness (QED) is 0.802. The van der Waals surface area contributed by atoms with Gasteiger partial charge in [-0.2, -0.15) is 5.26 Å². The predicted molar refractivity (Wildman–Crippen MR) is 66.1 cm³/mol. The monoisotopic (exact) mass is 250 g/mol. The van der Waals surface area contributed by atoms with Crippen LogP contribution in [0.2, 0.25) is 0 Å². The van der Waals surface area contributed by atoms with Crippen LogP contribution in [0.4, 0.5) is 5.69 Å². The predicted octanol–water partition coefficient (Wildman–Crippen LogP) is 1.68. The molecular weight excluding hydrogens is 236 g/mol. The van der Waals surface area contributed by atoms with E-state index >= 15 is 0 Å². The van der Waals surface area contributed by atoms with E-state index in [0.29, 0.717) is 18.7 Å². The number of nitrogens with zero attached hydrogens (tertiary/aromatic N) is 2. The summed E-state index contributed by atoms with van der Waals surface area (Å²) in [5, 5.41) is 8.56. The van der Waals surface area contributed by atoms with Gasteiger partial charge in [0.05, 0.1) is 23.9 Å². The lowest BCUT2D eigenvalue weighted by molar-refractivity contribution is 0.574. The number of anilines is 1. The van der Waals surface area contributed by atoms with E-state index in [2.05, 4.69) is 6.07 Å². The molecule has 1 aromatic rings. The highest BCUT2D eigenvalue weighted by Crippen LogP contribution is 2.23. The Kier molecular flexibility index (Phi) is 3.34. The van der Waals surface area contributed by atoms with Crippen LogP contribution >= 0.6 is 0 Å². The van der Waals surface area contributed by atoms with Crippen LogP contribution in [0.5, 0.6) is 0 Å². The van der Waals surface area contributed by atoms with E-state index in [1.807, 2.05) is 12.1 Å². The molecule has 0 N–H and O–H groups in total. The zero-order valence-electron chi connectivity index (χ0n) is 9.46. The van der Waals surface area contributed by atoms with Crippen LogP contribution in [0.3, 0.4) is 0 Å². The summed E-state index contributed by atoms with van der Waals surface area (Å²) < 4.78 is 25.2. The summed E-state index contributed by atoms with van der Waals surface area (Å²) in [4.78, 5) is 0. The van der Waals surface area contributed by atoms with E-state index in [1.54, 1.807) is 12.1 Å². The van der Waals surface area contributed by atoms with Crippen LogP contribution in [0.15, 0.2) is 24.3 Å². The molecule has 0 aliphatic carbocycles. The molecule has 1 heterocycles. The second-order valence-electron chi connectivity index (χ2n) is 4.10. The van der Waals surface area contributed by atoms with Gasteiger partial charge in [0.1, 0.15) is 0 Å². The van der Waals surface area contributed by atoms with E-state index < -0.39 is 10.0 Å². The molecule has 0 unspecified atom stereocenters. The molecule has 0 aromatic heterocycles. The molecule has 1 aliphatic rings. The Labute approximate surface area is 102 Å². The van der Waals surface area contributed by atoms with Gasteiger partial charge in [0, 0.05) is 6.54 Å². The normalized spacial score (nSPS) is 18.6. The molecule has 0 saturated carbocycles. The van der Waals surface area contributed by atoms with Gasteiger partial charge < -0.3 is 0 Å². The fourth-order valence-corrected chi connectivity index (χ4v) is 3.59. The third kappa shape index (κ3) is 2.59. The second-order valence-corrected chi connectivity index (χ2v) is 6.11. The van der Waals surface area contributed by atoms with Crippen LogP contribution in [0.1, 0.15) is 18.4 Å². The molecule has 4 nitrogen and oxygen atoms in total. The summed E-state index contributed by atoms with van der Waals surface area (Å²) in [5.41, 5.74) is 1.61. The van der Waals surface area contributed by atoms with Crippen molar-refractivity contribution in [2.24, 2.45) is 0 Å². The maximum Gasteiger partial charge on any atom is 0.235 e. The van der Waals surface area contributed by atoms with Crippen molar-refractivity contribution in [3.63, 3.8) is 0 Å². The summed E-state index contributed by atoms with van der Waals surface area (Å²) in [6, 6.07) is 9.23. The molecule has 90 valence electrons. The summed E-state index contributed by atoms with van der Waals surface area (Å²) in [6.07, 6.45) is 2.00. The third-order valence-electron chi connectivity index (χ3n) is 2.86. The molecule has 0 spiro atoms. The van der Waals surface area contributed by atoms with Crippen molar-refractivity contribution in [3.05, 3.63) is 29.8 Å². The van der Waals surface area contributed by atoms with Gasteiger partial charge in [-0.05, 0) is 30.5 Å². The summed E-state index contributed by atoms with van der Waals surface area (Å²) in [7, 11) is -3.13. The van der Waals surface area contributed by atoms with Crippen molar-refractivity contribution in [2.45, 2.75) is 19.3 Å². The van der Waals surface area contributed by atoms with E-state index in [0.717, 1.165) is 18.4 Å². The molecule has 0 atom stereocenters. The van der Waals surface area contributed by atoms with Crippen LogP contribution in [-0.4, -0.2) is 20.7 Å². The number of rotatable bonds is 2. The van der Waals surface area contributed by atoms with Crippen molar-refractivity contribution in [1.82, 2.24) is 0 Å². The Morgan fingerprint density at radius 1 is 1.24 bits per heavy atom. The van der Waals surface area contributed by atoms with Crippen molar-refractivity contribution >= 4 is 15.7 Å². The van der Waals surface area contributed by atoms with Crippen molar-refractivity contribution in [1.29, 1.82) is 5.26 Å². The molecule has 1 aromatic carbocycles. The second kappa shape index (κ2) is 4.76. The molecule has 0 bridgehead atoms. The van der Waals surface area contributed by atoms with E-state index in [4.69, 9.17) is 5.26 Å². The smallest absolute Gasteiger partial charge is 0.235 e. The average molecular weight is 250 g/mol. The lowest BCUT2D eigenvalue weighted by Gasteiger charge is -2.28. The minimum atomic E-state index is -3.13. The molecule has 0 radical (unpaired) electrons. The van der Waals surface area contributed by atoms with Gasteiger partial charge in [-0.15, -0.1) is 0 Å². The Morgan fingerprint density at radius 2 is 1.94 bits per heavy atom. The highest BCUT2D eigenvalue weighted by Gasteiger charge is 2.25. The molecule has 2 rings (SSSR count). The molecule has 0 amide bonds. The molecule has 1 fully saturated rings. The first-order valence-electron chi connectivity index (χ1n) is 5.60. The van der Waals surface area contributed by atoms with Crippen molar-refractivity contribution in [3.8, 4) is 6.07 Å². The molecular formula is C12H14N2O2S. The van der Waals surface area contributed by atoms with Gasteiger partial charge in [-0.25, -0.2) is 8.42 Å². The minimum absolute atomic E-state index is 0.229. The Morgan fingerprint density at radius 3 is 2.53 bits per heavy atom. The molecule has 1 aliphatic heterocycles. The maximum absolute atomic E-state index is 11.9. The highest BCUT2D eigenvalue weighted by atomic mass is 32.2. The van der Waals surface area contributed by atoms with Gasteiger partial charge >= 0.3 is 0 Å². The first-order chi connectivity index (χ1) is 8.13. The lowest BCUT2D eigenvalue weighted by Crippen LogP contribution is -2.37. The average Bonchev–Trinajstić information content (AvgIpc) is 2.30. The van der Waals surface area contributed by atoms with E-state index in [1.165, 1.54) is 4.31 Å². The first kappa shape index (κ1) is 11.9. The van der Waals surface area contributed by atoms with Crippen LogP contribution in [0, 0.1) is 11.3 Å². The van der Waals surface area contributed by atoms with Gasteiger partial charge in [0.25, 0.3) is 0 Å². The van der Waals surface area contributed by atoms with Crippen LogP contribution in [-0.2, 0) is 16.4 Å². The summed E-state index contributed by atoms with van der Waals surface area (Å²) in [5.74, 6) is 0.229. The number of nitriles is 1. The van der Waals surface area contributed by atoms with Gasteiger partial charge in [0.2, 0.25) is 10.0 Å². The van der Waals surface area contributed by atoms with Crippen LogP contribution in [0.25, 0.3) is 0 Å². The minimum Gasteiger partial charge on any atom is -0.270 e. The van der Waals surface area contributed by atoms with E-state index in [9.17, 15) is 8.42 Å². The van der Waals surface area contributed by atoms with Crippen LogP contribution < -0.4 is 4.31 Å². The maximum atomic E-state index is 11.9. The highest BCUT2D eigenvalue weighted by molar-refractivity contribution is 7.92. The van der Waals surface area contributed by atoms with Crippen molar-refractivity contribution in [2.75, 3.05) is 16.6 Å². The SMILES string of the molecule is N#CCc1ccc(N2CCCCS2(=O)=O)cc1. The summed E-state index contributed by atoms with van der Waals surface area (Å²) in [6.45, 7) is 0.555.